The molecule has 3 fully saturated rings. The zero-order chi connectivity index (χ0) is 6.66. The van der Waals surface area contributed by atoms with Crippen molar-refractivity contribution in [3.05, 3.63) is 0 Å². The van der Waals surface area contributed by atoms with E-state index in [-0.39, 0.29) is 16.1 Å². The maximum Gasteiger partial charge on any atom is 0.0483 e. The topological polar surface area (TPSA) is 0 Å². The highest BCUT2D eigenvalue weighted by molar-refractivity contribution is 7.15. The lowest BCUT2D eigenvalue weighted by Gasteiger charge is -2.63. The molecule has 2 spiro atoms. The first-order valence-corrected chi connectivity index (χ1v) is 10.5. The average Bonchev–Trinajstić information content (AvgIpc) is 1.52. The van der Waals surface area contributed by atoms with Gasteiger partial charge in [0, 0.05) is 16.1 Å². The Hall–Kier alpha value is 0.434. The van der Waals surface area contributed by atoms with Crippen LogP contribution in [0.1, 0.15) is 12.8 Å². The number of hydrogen-bond donors (Lipinski definition) is 0. The highest BCUT2D eigenvalue weighted by atomic mass is 28.5. The molecule has 0 aromatic rings. The Bertz CT molecular complexity index is 140. The van der Waals surface area contributed by atoms with E-state index < -0.39 is 0 Å². The third-order valence-electron chi connectivity index (χ3n) is 4.33. The van der Waals surface area contributed by atoms with Crippen LogP contribution in [0.4, 0.5) is 0 Å². The second-order valence-corrected chi connectivity index (χ2v) is 15.9. The normalized spacial score (nSPS) is 38.4. The van der Waals surface area contributed by atoms with Crippen LogP contribution >= 0.6 is 0 Å². The lowest BCUT2D eigenvalue weighted by molar-refractivity contribution is 0.808. The smallest absolute Gasteiger partial charge is 0.0483 e. The van der Waals surface area contributed by atoms with E-state index >= 15 is 0 Å². The van der Waals surface area contributed by atoms with E-state index in [2.05, 4.69) is 0 Å². The molecular formula is C8H16Si2. The summed E-state index contributed by atoms with van der Waals surface area (Å²) >= 11 is 0. The molecule has 0 N–H and O–H groups in total. The molecular weight excluding hydrogens is 152 g/mol. The fraction of sp³-hybridized carbons (Fsp3) is 1.00. The molecule has 3 aliphatic rings. The first kappa shape index (κ1) is 6.01. The van der Waals surface area contributed by atoms with Crippen LogP contribution in [0.2, 0.25) is 35.5 Å². The fourth-order valence-corrected chi connectivity index (χ4v) is 24.3. The van der Waals surface area contributed by atoms with Gasteiger partial charge in [-0.1, -0.05) is 48.4 Å². The molecule has 0 unspecified atom stereocenters. The van der Waals surface area contributed by atoms with Gasteiger partial charge < -0.3 is 0 Å². The van der Waals surface area contributed by atoms with E-state index in [1.807, 2.05) is 11.3 Å². The van der Waals surface area contributed by atoms with Crippen LogP contribution in [0, 0.1) is 0 Å². The van der Waals surface area contributed by atoms with Crippen molar-refractivity contribution in [1.82, 2.24) is 0 Å². The molecule has 3 heterocycles. The lowest BCUT2D eigenvalue weighted by Crippen LogP contribution is -2.68. The van der Waals surface area contributed by atoms with Crippen LogP contribution < -0.4 is 0 Å². The number of hydrogen-bond acceptors (Lipinski definition) is 0. The van der Waals surface area contributed by atoms with Gasteiger partial charge in [0.1, 0.15) is 0 Å². The Balaban J connectivity index is 1.69. The van der Waals surface area contributed by atoms with Gasteiger partial charge in [-0.15, -0.1) is 0 Å². The standard InChI is InChI=1S/C8H16Si2/c1-3-9(4-1)7-10(8-9)5-2-6-10/h1-8H2. The molecule has 0 amide bonds. The van der Waals surface area contributed by atoms with Gasteiger partial charge in [-0.2, -0.15) is 0 Å². The first-order valence-electron chi connectivity index (χ1n) is 4.83. The average molecular weight is 168 g/mol. The Morgan fingerprint density at radius 2 is 1.00 bits per heavy atom. The molecule has 56 valence electrons. The predicted octanol–water partition coefficient (Wildman–Crippen LogP) is 2.78. The van der Waals surface area contributed by atoms with Gasteiger partial charge in [0.25, 0.3) is 0 Å². The molecule has 0 saturated carbocycles. The van der Waals surface area contributed by atoms with Crippen molar-refractivity contribution in [3.8, 4) is 0 Å². The van der Waals surface area contributed by atoms with Gasteiger partial charge in [-0.05, 0) is 0 Å². The highest BCUT2D eigenvalue weighted by Crippen LogP contribution is 2.59. The molecule has 3 saturated heterocycles. The van der Waals surface area contributed by atoms with Gasteiger partial charge in [-0.25, -0.2) is 0 Å². The van der Waals surface area contributed by atoms with E-state index in [9.17, 15) is 0 Å². The Kier molecular flexibility index (Phi) is 0.965. The molecule has 3 rings (SSSR count). The summed E-state index contributed by atoms with van der Waals surface area (Å²) in [6, 6.07) is 7.01. The van der Waals surface area contributed by atoms with E-state index in [1.165, 1.54) is 0 Å². The Morgan fingerprint density at radius 3 is 1.20 bits per heavy atom. The minimum absolute atomic E-state index is 0.334. The zero-order valence-corrected chi connectivity index (χ0v) is 8.66. The van der Waals surface area contributed by atoms with Crippen LogP contribution in [0.3, 0.4) is 0 Å². The third kappa shape index (κ3) is 0.576. The molecule has 0 bridgehead atoms. The van der Waals surface area contributed by atoms with Gasteiger partial charge >= 0.3 is 0 Å². The predicted molar refractivity (Wildman–Crippen MR) is 49.6 cm³/mol. The fourth-order valence-electron chi connectivity index (χ4n) is 3.60. The van der Waals surface area contributed by atoms with E-state index in [0.29, 0.717) is 0 Å². The molecule has 3 aliphatic heterocycles. The minimum atomic E-state index is -0.334. The van der Waals surface area contributed by atoms with Crippen LogP contribution in [0.25, 0.3) is 0 Å². The van der Waals surface area contributed by atoms with Gasteiger partial charge in [0.2, 0.25) is 0 Å². The largest absolute Gasteiger partial charge is 0.0612 e. The molecule has 0 radical (unpaired) electrons. The Morgan fingerprint density at radius 1 is 0.600 bits per heavy atom. The molecule has 0 aromatic heterocycles. The van der Waals surface area contributed by atoms with Gasteiger partial charge in [0.15, 0.2) is 0 Å². The van der Waals surface area contributed by atoms with Crippen molar-refractivity contribution >= 4 is 16.1 Å². The summed E-state index contributed by atoms with van der Waals surface area (Å²) in [5.74, 6) is 0. The highest BCUT2D eigenvalue weighted by Gasteiger charge is 2.61. The lowest BCUT2D eigenvalue weighted by atomic mass is 10.5. The van der Waals surface area contributed by atoms with Crippen LogP contribution in [-0.2, 0) is 0 Å². The van der Waals surface area contributed by atoms with Gasteiger partial charge in [0.05, 0.1) is 0 Å². The van der Waals surface area contributed by atoms with Crippen LogP contribution in [0.5, 0.6) is 0 Å². The summed E-state index contributed by atoms with van der Waals surface area (Å²) in [4.78, 5) is 0. The monoisotopic (exact) mass is 168 g/mol. The molecule has 0 aromatic carbocycles. The summed E-state index contributed by atoms with van der Waals surface area (Å²) in [6.45, 7) is 0. The van der Waals surface area contributed by atoms with E-state index in [1.54, 1.807) is 37.0 Å². The second kappa shape index (κ2) is 1.61. The molecule has 2 heteroatoms. The van der Waals surface area contributed by atoms with Gasteiger partial charge in [-0.3, -0.25) is 0 Å². The summed E-state index contributed by atoms with van der Waals surface area (Å²) in [5.41, 5.74) is 3.81. The third-order valence-corrected chi connectivity index (χ3v) is 22.0. The summed E-state index contributed by atoms with van der Waals surface area (Å²) in [5, 5.41) is 0. The molecule has 0 atom stereocenters. The zero-order valence-electron chi connectivity index (χ0n) is 6.66. The van der Waals surface area contributed by atoms with E-state index in [0.717, 1.165) is 0 Å². The summed E-state index contributed by atoms with van der Waals surface area (Å²) < 4.78 is 0. The summed E-state index contributed by atoms with van der Waals surface area (Å²) in [6.07, 6.45) is 3.24. The Labute approximate surface area is 65.0 Å². The molecule has 0 aliphatic carbocycles. The van der Waals surface area contributed by atoms with Crippen molar-refractivity contribution in [2.45, 2.75) is 48.4 Å². The van der Waals surface area contributed by atoms with Crippen LogP contribution in [0.15, 0.2) is 0 Å². The van der Waals surface area contributed by atoms with Crippen LogP contribution in [-0.4, -0.2) is 16.1 Å². The minimum Gasteiger partial charge on any atom is -0.0612 e. The van der Waals surface area contributed by atoms with Crippen molar-refractivity contribution < 1.29 is 0 Å². The molecule has 0 nitrogen and oxygen atoms in total. The maximum atomic E-state index is 1.90. The number of rotatable bonds is 0. The van der Waals surface area contributed by atoms with Crippen molar-refractivity contribution in [2.75, 3.05) is 0 Å². The van der Waals surface area contributed by atoms with Crippen molar-refractivity contribution in [3.63, 3.8) is 0 Å². The van der Waals surface area contributed by atoms with Crippen molar-refractivity contribution in [1.29, 1.82) is 0 Å². The molecule has 10 heavy (non-hydrogen) atoms. The van der Waals surface area contributed by atoms with Crippen molar-refractivity contribution in [2.24, 2.45) is 0 Å². The summed E-state index contributed by atoms with van der Waals surface area (Å²) in [7, 11) is -0.667. The second-order valence-electron chi connectivity index (χ2n) is 5.06. The van der Waals surface area contributed by atoms with E-state index in [4.69, 9.17) is 0 Å². The first-order chi connectivity index (χ1) is 4.83. The maximum absolute atomic E-state index is 1.90. The quantitative estimate of drug-likeness (QED) is 0.488. The SMILES string of the molecule is C1C[Si]2(C1)C[Si]1(CCC1)C2.